The molecule has 0 aliphatic carbocycles. The second-order valence-corrected chi connectivity index (χ2v) is 5.56. The number of benzene rings is 1. The van der Waals surface area contributed by atoms with E-state index in [1.165, 1.54) is 12.1 Å². The minimum atomic E-state index is -0.421. The van der Waals surface area contributed by atoms with Crippen LogP contribution in [0, 0.1) is 0 Å². The second-order valence-electron chi connectivity index (χ2n) is 4.77. The fraction of sp³-hybridized carbons (Fsp3) is 0.250. The van der Waals surface area contributed by atoms with Crippen molar-refractivity contribution in [2.75, 3.05) is 14.2 Å². The Balaban J connectivity index is 2.26. The number of nitrogens with one attached hydrogen (secondary N) is 1. The summed E-state index contributed by atoms with van der Waals surface area (Å²) in [6.45, 7) is 1.83. The van der Waals surface area contributed by atoms with Crippen LogP contribution in [0.3, 0.4) is 0 Å². The minimum Gasteiger partial charge on any atom is -0.497 e. The van der Waals surface area contributed by atoms with Gasteiger partial charge in [0.25, 0.3) is 5.91 Å². The van der Waals surface area contributed by atoms with Crippen molar-refractivity contribution in [1.29, 1.82) is 0 Å². The maximum absolute atomic E-state index is 12.4. The second kappa shape index (κ2) is 7.53. The van der Waals surface area contributed by atoms with Crippen molar-refractivity contribution < 1.29 is 14.3 Å². The SMILES string of the molecule is COc1ccc(OC)c(C(C)NC(=O)c2nc(Cl)ccc2Cl)c1. The number of amides is 1. The van der Waals surface area contributed by atoms with Crippen molar-refractivity contribution in [2.24, 2.45) is 0 Å². The van der Waals surface area contributed by atoms with Gasteiger partial charge in [0.2, 0.25) is 0 Å². The van der Waals surface area contributed by atoms with Crippen molar-refractivity contribution in [3.63, 3.8) is 0 Å². The highest BCUT2D eigenvalue weighted by molar-refractivity contribution is 6.34. The van der Waals surface area contributed by atoms with Gasteiger partial charge < -0.3 is 14.8 Å². The van der Waals surface area contributed by atoms with Gasteiger partial charge in [-0.25, -0.2) is 4.98 Å². The maximum atomic E-state index is 12.4. The monoisotopic (exact) mass is 354 g/mol. The number of carbonyl (C=O) groups excluding carboxylic acids is 1. The van der Waals surface area contributed by atoms with E-state index in [0.29, 0.717) is 11.5 Å². The summed E-state index contributed by atoms with van der Waals surface area (Å²) >= 11 is 11.8. The van der Waals surface area contributed by atoms with Gasteiger partial charge in [0.15, 0.2) is 0 Å². The third-order valence-electron chi connectivity index (χ3n) is 3.28. The number of pyridine rings is 1. The molecular formula is C16H16Cl2N2O3. The Morgan fingerprint density at radius 3 is 2.57 bits per heavy atom. The molecule has 2 rings (SSSR count). The predicted molar refractivity (Wildman–Crippen MR) is 89.7 cm³/mol. The van der Waals surface area contributed by atoms with E-state index in [2.05, 4.69) is 10.3 Å². The first-order valence-electron chi connectivity index (χ1n) is 6.81. The highest BCUT2D eigenvalue weighted by atomic mass is 35.5. The number of halogens is 2. The molecule has 122 valence electrons. The normalized spacial score (nSPS) is 11.7. The summed E-state index contributed by atoms with van der Waals surface area (Å²) in [4.78, 5) is 16.3. The molecule has 23 heavy (non-hydrogen) atoms. The van der Waals surface area contributed by atoms with Crippen LogP contribution in [-0.2, 0) is 0 Å². The van der Waals surface area contributed by atoms with Gasteiger partial charge in [-0.15, -0.1) is 0 Å². The van der Waals surface area contributed by atoms with Crippen LogP contribution in [0.4, 0.5) is 0 Å². The number of rotatable bonds is 5. The van der Waals surface area contributed by atoms with E-state index in [4.69, 9.17) is 32.7 Å². The van der Waals surface area contributed by atoms with Gasteiger partial charge >= 0.3 is 0 Å². The molecule has 0 radical (unpaired) electrons. The van der Waals surface area contributed by atoms with E-state index < -0.39 is 5.91 Å². The van der Waals surface area contributed by atoms with Gasteiger partial charge in [-0.2, -0.15) is 0 Å². The number of methoxy groups -OCH3 is 2. The zero-order valence-corrected chi connectivity index (χ0v) is 14.4. The largest absolute Gasteiger partial charge is 0.497 e. The zero-order chi connectivity index (χ0) is 17.0. The number of ether oxygens (including phenoxy) is 2. The number of hydrogen-bond acceptors (Lipinski definition) is 4. The molecule has 1 aromatic carbocycles. The Hall–Kier alpha value is -1.98. The molecule has 0 fully saturated rings. The molecule has 0 spiro atoms. The van der Waals surface area contributed by atoms with Gasteiger partial charge in [-0.05, 0) is 37.3 Å². The summed E-state index contributed by atoms with van der Waals surface area (Å²) in [5.41, 5.74) is 0.853. The molecule has 1 N–H and O–H groups in total. The first-order chi connectivity index (χ1) is 11.0. The van der Waals surface area contributed by atoms with Crippen molar-refractivity contribution in [2.45, 2.75) is 13.0 Å². The Morgan fingerprint density at radius 1 is 1.17 bits per heavy atom. The predicted octanol–water partition coefficient (Wildman–Crippen LogP) is 3.90. The quantitative estimate of drug-likeness (QED) is 0.827. The summed E-state index contributed by atoms with van der Waals surface area (Å²) < 4.78 is 10.5. The molecule has 0 saturated carbocycles. The number of hydrogen-bond donors (Lipinski definition) is 1. The van der Waals surface area contributed by atoms with E-state index in [9.17, 15) is 4.79 Å². The van der Waals surface area contributed by atoms with Gasteiger partial charge in [0.05, 0.1) is 25.3 Å². The summed E-state index contributed by atoms with van der Waals surface area (Å²) in [6.07, 6.45) is 0. The lowest BCUT2D eigenvalue weighted by molar-refractivity contribution is 0.0934. The highest BCUT2D eigenvalue weighted by Gasteiger charge is 2.19. The molecule has 1 aromatic heterocycles. The van der Waals surface area contributed by atoms with Crippen LogP contribution >= 0.6 is 23.2 Å². The van der Waals surface area contributed by atoms with E-state index in [0.717, 1.165) is 5.56 Å². The third kappa shape index (κ3) is 4.06. The Kier molecular flexibility index (Phi) is 5.69. The Morgan fingerprint density at radius 2 is 1.91 bits per heavy atom. The maximum Gasteiger partial charge on any atom is 0.271 e. The van der Waals surface area contributed by atoms with Crippen molar-refractivity contribution in [3.8, 4) is 11.5 Å². The van der Waals surface area contributed by atoms with Crippen molar-refractivity contribution in [3.05, 3.63) is 51.8 Å². The van der Waals surface area contributed by atoms with E-state index in [1.54, 1.807) is 32.4 Å². The molecule has 1 atom stereocenters. The molecule has 1 heterocycles. The van der Waals surface area contributed by atoms with Crippen LogP contribution in [0.25, 0.3) is 0 Å². The lowest BCUT2D eigenvalue weighted by Gasteiger charge is -2.18. The molecule has 0 aliphatic heterocycles. The lowest BCUT2D eigenvalue weighted by atomic mass is 10.1. The molecule has 2 aromatic rings. The van der Waals surface area contributed by atoms with E-state index in [-0.39, 0.29) is 21.9 Å². The summed E-state index contributed by atoms with van der Waals surface area (Å²) in [5, 5.41) is 3.26. The van der Waals surface area contributed by atoms with Crippen LogP contribution in [-0.4, -0.2) is 25.1 Å². The smallest absolute Gasteiger partial charge is 0.271 e. The zero-order valence-electron chi connectivity index (χ0n) is 12.9. The average molecular weight is 355 g/mol. The Labute approximate surface area is 144 Å². The topological polar surface area (TPSA) is 60.5 Å². The van der Waals surface area contributed by atoms with Crippen LogP contribution < -0.4 is 14.8 Å². The number of nitrogens with zero attached hydrogens (tertiary/aromatic N) is 1. The molecule has 1 amide bonds. The van der Waals surface area contributed by atoms with Crippen molar-refractivity contribution in [1.82, 2.24) is 10.3 Å². The van der Waals surface area contributed by atoms with Gasteiger partial charge in [-0.3, -0.25) is 4.79 Å². The minimum absolute atomic E-state index is 0.0767. The molecule has 1 unspecified atom stereocenters. The average Bonchev–Trinajstić information content (AvgIpc) is 2.56. The third-order valence-corrected chi connectivity index (χ3v) is 3.79. The molecular weight excluding hydrogens is 339 g/mol. The van der Waals surface area contributed by atoms with Crippen LogP contribution in [0.5, 0.6) is 11.5 Å². The first-order valence-corrected chi connectivity index (χ1v) is 7.56. The highest BCUT2D eigenvalue weighted by Crippen LogP contribution is 2.29. The van der Waals surface area contributed by atoms with Gasteiger partial charge in [0, 0.05) is 5.56 Å². The lowest BCUT2D eigenvalue weighted by Crippen LogP contribution is -2.28. The van der Waals surface area contributed by atoms with Crippen molar-refractivity contribution >= 4 is 29.1 Å². The van der Waals surface area contributed by atoms with Crippen LogP contribution in [0.15, 0.2) is 30.3 Å². The number of carbonyl (C=O) groups is 1. The standard InChI is InChI=1S/C16H16Cl2N2O3/c1-9(11-8-10(22-2)4-6-13(11)23-3)19-16(21)15-12(17)5-7-14(18)20-15/h4-9H,1-3H3,(H,19,21). The molecule has 7 heteroatoms. The van der Waals surface area contributed by atoms with Crippen LogP contribution in [0.2, 0.25) is 10.2 Å². The van der Waals surface area contributed by atoms with Gasteiger partial charge in [-0.1, -0.05) is 23.2 Å². The molecule has 0 saturated heterocycles. The fourth-order valence-electron chi connectivity index (χ4n) is 2.10. The fourth-order valence-corrected chi connectivity index (χ4v) is 2.44. The Bertz CT molecular complexity index is 722. The summed E-state index contributed by atoms with van der Waals surface area (Å²) in [6, 6.07) is 8.08. The molecule has 0 bridgehead atoms. The van der Waals surface area contributed by atoms with Gasteiger partial charge in [0.1, 0.15) is 22.3 Å². The van der Waals surface area contributed by atoms with E-state index >= 15 is 0 Å². The molecule has 0 aliphatic rings. The first kappa shape index (κ1) is 17.4. The molecule has 5 nitrogen and oxygen atoms in total. The number of aromatic nitrogens is 1. The summed E-state index contributed by atoms with van der Waals surface area (Å²) in [7, 11) is 3.14. The van der Waals surface area contributed by atoms with E-state index in [1.807, 2.05) is 6.92 Å². The summed E-state index contributed by atoms with van der Waals surface area (Å²) in [5.74, 6) is 0.888. The van der Waals surface area contributed by atoms with Crippen LogP contribution in [0.1, 0.15) is 29.0 Å².